The minimum atomic E-state index is -3.46. The minimum Gasteiger partial charge on any atom is -0.424 e. The normalized spacial score (nSPS) is 17.7. The number of aryl methyl sites for hydroxylation is 1. The molecule has 0 bridgehead atoms. The lowest BCUT2D eigenvalue weighted by molar-refractivity contribution is 0.167. The van der Waals surface area contributed by atoms with E-state index in [2.05, 4.69) is 20.1 Å². The molecule has 3 heterocycles. The van der Waals surface area contributed by atoms with Crippen molar-refractivity contribution >= 4 is 10.0 Å². The second kappa shape index (κ2) is 6.11. The molecule has 0 aliphatic carbocycles. The van der Waals surface area contributed by atoms with Crippen LogP contribution in [0.1, 0.15) is 11.8 Å². The largest absolute Gasteiger partial charge is 0.424 e. The molecule has 1 fully saturated rings. The summed E-state index contributed by atoms with van der Waals surface area (Å²) in [5, 5.41) is 7.75. The van der Waals surface area contributed by atoms with Crippen molar-refractivity contribution < 1.29 is 12.8 Å². The standard InChI is InChI=1S/C13H17N5O3S/c1-11-15-16-13(21-11)10-17-5-7-18(8-6-17)22(19,20)12-3-2-4-14-9-12/h2-4,9H,5-8,10H2,1H3. The van der Waals surface area contributed by atoms with E-state index in [1.807, 2.05) is 0 Å². The minimum absolute atomic E-state index is 0.232. The van der Waals surface area contributed by atoms with E-state index in [0.29, 0.717) is 44.5 Å². The monoisotopic (exact) mass is 323 g/mol. The summed E-state index contributed by atoms with van der Waals surface area (Å²) in [7, 11) is -3.46. The summed E-state index contributed by atoms with van der Waals surface area (Å²) < 4.78 is 31.8. The Kier molecular flexibility index (Phi) is 4.19. The Bertz CT molecular complexity index is 723. The number of nitrogens with zero attached hydrogens (tertiary/aromatic N) is 5. The molecule has 1 aliphatic rings. The average Bonchev–Trinajstić information content (AvgIpc) is 2.94. The zero-order chi connectivity index (χ0) is 15.6. The maximum atomic E-state index is 12.5. The first-order valence-corrected chi connectivity index (χ1v) is 8.41. The smallest absolute Gasteiger partial charge is 0.244 e. The van der Waals surface area contributed by atoms with Crippen molar-refractivity contribution in [2.24, 2.45) is 0 Å². The molecule has 9 heteroatoms. The molecule has 0 spiro atoms. The molecule has 0 atom stereocenters. The van der Waals surface area contributed by atoms with Gasteiger partial charge in [-0.15, -0.1) is 10.2 Å². The fourth-order valence-corrected chi connectivity index (χ4v) is 3.76. The summed E-state index contributed by atoms with van der Waals surface area (Å²) in [5.41, 5.74) is 0. The van der Waals surface area contributed by atoms with Crippen LogP contribution >= 0.6 is 0 Å². The van der Waals surface area contributed by atoms with E-state index < -0.39 is 10.0 Å². The first-order chi connectivity index (χ1) is 10.6. The zero-order valence-corrected chi connectivity index (χ0v) is 13.0. The molecule has 0 unspecified atom stereocenters. The number of hydrogen-bond acceptors (Lipinski definition) is 7. The summed E-state index contributed by atoms with van der Waals surface area (Å²) in [6, 6.07) is 3.19. The van der Waals surface area contributed by atoms with Crippen molar-refractivity contribution in [1.82, 2.24) is 24.4 Å². The summed E-state index contributed by atoms with van der Waals surface area (Å²) >= 11 is 0. The van der Waals surface area contributed by atoms with E-state index in [9.17, 15) is 8.42 Å². The van der Waals surface area contributed by atoms with Crippen LogP contribution in [-0.2, 0) is 16.6 Å². The van der Waals surface area contributed by atoms with E-state index in [1.54, 1.807) is 25.3 Å². The number of aromatic nitrogens is 3. The SMILES string of the molecule is Cc1nnc(CN2CCN(S(=O)(=O)c3cccnc3)CC2)o1. The second-order valence-electron chi connectivity index (χ2n) is 5.08. The van der Waals surface area contributed by atoms with Crippen molar-refractivity contribution in [3.8, 4) is 0 Å². The van der Waals surface area contributed by atoms with Gasteiger partial charge in [0.25, 0.3) is 0 Å². The Hall–Kier alpha value is -1.84. The highest BCUT2D eigenvalue weighted by molar-refractivity contribution is 7.89. The average molecular weight is 323 g/mol. The molecule has 0 aromatic carbocycles. The molecule has 118 valence electrons. The predicted molar refractivity (Wildman–Crippen MR) is 77.3 cm³/mol. The van der Waals surface area contributed by atoms with Gasteiger partial charge in [0.05, 0.1) is 6.54 Å². The molecule has 1 aliphatic heterocycles. The van der Waals surface area contributed by atoms with Crippen LogP contribution in [0.5, 0.6) is 0 Å². The van der Waals surface area contributed by atoms with E-state index in [4.69, 9.17) is 4.42 Å². The highest BCUT2D eigenvalue weighted by atomic mass is 32.2. The van der Waals surface area contributed by atoms with E-state index in [0.717, 1.165) is 0 Å². The highest BCUT2D eigenvalue weighted by Crippen LogP contribution is 2.17. The Labute approximate surface area is 128 Å². The fourth-order valence-electron chi connectivity index (χ4n) is 2.37. The Morgan fingerprint density at radius 3 is 2.59 bits per heavy atom. The van der Waals surface area contributed by atoms with Crippen LogP contribution in [0.4, 0.5) is 0 Å². The number of sulfonamides is 1. The maximum absolute atomic E-state index is 12.5. The van der Waals surface area contributed by atoms with Crippen molar-refractivity contribution in [2.45, 2.75) is 18.4 Å². The van der Waals surface area contributed by atoms with Crippen LogP contribution in [0.2, 0.25) is 0 Å². The molecular formula is C13H17N5O3S. The van der Waals surface area contributed by atoms with Crippen molar-refractivity contribution in [3.05, 3.63) is 36.3 Å². The van der Waals surface area contributed by atoms with Gasteiger partial charge < -0.3 is 4.42 Å². The van der Waals surface area contributed by atoms with Gasteiger partial charge >= 0.3 is 0 Å². The summed E-state index contributed by atoms with van der Waals surface area (Å²) in [4.78, 5) is 6.21. The van der Waals surface area contributed by atoms with Crippen LogP contribution in [0.15, 0.2) is 33.8 Å². The number of pyridine rings is 1. The van der Waals surface area contributed by atoms with Gasteiger partial charge in [0.1, 0.15) is 4.90 Å². The molecule has 8 nitrogen and oxygen atoms in total. The predicted octanol–water partition coefficient (Wildman–Crippen LogP) is 0.280. The fraction of sp³-hybridized carbons (Fsp3) is 0.462. The lowest BCUT2D eigenvalue weighted by Crippen LogP contribution is -2.48. The van der Waals surface area contributed by atoms with Gasteiger partial charge in [-0.3, -0.25) is 9.88 Å². The van der Waals surface area contributed by atoms with E-state index >= 15 is 0 Å². The van der Waals surface area contributed by atoms with Gasteiger partial charge in [-0.1, -0.05) is 0 Å². The van der Waals surface area contributed by atoms with Crippen molar-refractivity contribution in [1.29, 1.82) is 0 Å². The lowest BCUT2D eigenvalue weighted by Gasteiger charge is -2.33. The van der Waals surface area contributed by atoms with Gasteiger partial charge in [0, 0.05) is 45.5 Å². The molecule has 1 saturated heterocycles. The van der Waals surface area contributed by atoms with Crippen molar-refractivity contribution in [3.63, 3.8) is 0 Å². The van der Waals surface area contributed by atoms with E-state index in [1.165, 1.54) is 10.5 Å². The van der Waals surface area contributed by atoms with Crippen LogP contribution in [0.3, 0.4) is 0 Å². The first-order valence-electron chi connectivity index (χ1n) is 6.97. The van der Waals surface area contributed by atoms with Gasteiger partial charge in [-0.05, 0) is 12.1 Å². The third-order valence-corrected chi connectivity index (χ3v) is 5.41. The molecule has 0 amide bonds. The lowest BCUT2D eigenvalue weighted by atomic mass is 10.3. The number of hydrogen-bond donors (Lipinski definition) is 0. The molecular weight excluding hydrogens is 306 g/mol. The Balaban J connectivity index is 1.62. The summed E-state index contributed by atoms with van der Waals surface area (Å²) in [5.74, 6) is 1.09. The van der Waals surface area contributed by atoms with Crippen LogP contribution in [-0.4, -0.2) is 59.0 Å². The van der Waals surface area contributed by atoms with Gasteiger partial charge in [0.15, 0.2) is 0 Å². The molecule has 2 aromatic rings. The first kappa shape index (κ1) is 15.1. The third kappa shape index (κ3) is 3.16. The summed E-state index contributed by atoms with van der Waals surface area (Å²) in [6.45, 7) is 4.41. The molecule has 0 N–H and O–H groups in total. The third-order valence-electron chi connectivity index (χ3n) is 3.53. The number of piperazine rings is 1. The Morgan fingerprint density at radius 1 is 1.23 bits per heavy atom. The van der Waals surface area contributed by atoms with E-state index in [-0.39, 0.29) is 4.90 Å². The quantitative estimate of drug-likeness (QED) is 0.798. The maximum Gasteiger partial charge on any atom is 0.244 e. The molecule has 22 heavy (non-hydrogen) atoms. The van der Waals surface area contributed by atoms with Crippen LogP contribution < -0.4 is 0 Å². The molecule has 0 saturated carbocycles. The molecule has 3 rings (SSSR count). The zero-order valence-electron chi connectivity index (χ0n) is 12.2. The van der Waals surface area contributed by atoms with Gasteiger partial charge in [0.2, 0.25) is 21.8 Å². The van der Waals surface area contributed by atoms with Gasteiger partial charge in [-0.2, -0.15) is 4.31 Å². The van der Waals surface area contributed by atoms with Crippen LogP contribution in [0.25, 0.3) is 0 Å². The molecule has 2 aromatic heterocycles. The molecule has 0 radical (unpaired) electrons. The number of rotatable bonds is 4. The topological polar surface area (TPSA) is 92.4 Å². The highest BCUT2D eigenvalue weighted by Gasteiger charge is 2.29. The second-order valence-corrected chi connectivity index (χ2v) is 7.02. The van der Waals surface area contributed by atoms with Crippen molar-refractivity contribution in [2.75, 3.05) is 26.2 Å². The van der Waals surface area contributed by atoms with Gasteiger partial charge in [-0.25, -0.2) is 8.42 Å². The summed E-state index contributed by atoms with van der Waals surface area (Å²) in [6.07, 6.45) is 2.94. The Morgan fingerprint density at radius 2 is 2.00 bits per heavy atom. The van der Waals surface area contributed by atoms with Crippen LogP contribution in [0, 0.1) is 6.92 Å².